The van der Waals surface area contributed by atoms with Crippen LogP contribution in [-0.2, 0) is 9.59 Å². The normalized spacial score (nSPS) is 15.4. The lowest BCUT2D eigenvalue weighted by Crippen LogP contribution is -2.41. The summed E-state index contributed by atoms with van der Waals surface area (Å²) in [5.41, 5.74) is 2.01. The molecule has 1 aliphatic heterocycles. The molecule has 1 heterocycles. The van der Waals surface area contributed by atoms with Crippen molar-refractivity contribution in [2.45, 2.75) is 31.6 Å². The first-order chi connectivity index (χ1) is 13.1. The third kappa shape index (κ3) is 5.33. The van der Waals surface area contributed by atoms with Gasteiger partial charge in [0.15, 0.2) is 0 Å². The molecule has 0 spiro atoms. The highest BCUT2D eigenvalue weighted by atomic mass is 35.5. The second kappa shape index (κ2) is 9.56. The van der Waals surface area contributed by atoms with Crippen LogP contribution in [0.15, 0.2) is 54.6 Å². The van der Waals surface area contributed by atoms with Crippen LogP contribution in [0.3, 0.4) is 0 Å². The van der Waals surface area contributed by atoms with Gasteiger partial charge in [0.05, 0.1) is 0 Å². The van der Waals surface area contributed by atoms with Crippen LogP contribution in [0.5, 0.6) is 0 Å². The van der Waals surface area contributed by atoms with Crippen LogP contribution in [0.1, 0.15) is 42.7 Å². The topological polar surface area (TPSA) is 49.4 Å². The Morgan fingerprint density at radius 3 is 2.56 bits per heavy atom. The Hall–Kier alpha value is -2.33. The molecule has 2 aromatic carbocycles. The van der Waals surface area contributed by atoms with E-state index in [-0.39, 0.29) is 17.7 Å². The molecule has 3 rings (SSSR count). The third-order valence-corrected chi connectivity index (χ3v) is 5.34. The zero-order valence-electron chi connectivity index (χ0n) is 15.4. The fraction of sp³-hybridized carbons (Fsp3) is 0.364. The minimum Gasteiger partial charge on any atom is -0.354 e. The second-order valence-corrected chi connectivity index (χ2v) is 7.28. The van der Waals surface area contributed by atoms with Gasteiger partial charge in [-0.05, 0) is 30.0 Å². The van der Waals surface area contributed by atoms with Crippen LogP contribution < -0.4 is 5.32 Å². The van der Waals surface area contributed by atoms with Gasteiger partial charge in [-0.15, -0.1) is 0 Å². The molecule has 2 amide bonds. The average Bonchev–Trinajstić information content (AvgIpc) is 2.69. The smallest absolute Gasteiger partial charge is 0.222 e. The Morgan fingerprint density at radius 1 is 1.07 bits per heavy atom. The maximum absolute atomic E-state index is 12.6. The van der Waals surface area contributed by atoms with Gasteiger partial charge in [0.25, 0.3) is 0 Å². The van der Waals surface area contributed by atoms with Gasteiger partial charge in [-0.25, -0.2) is 0 Å². The summed E-state index contributed by atoms with van der Waals surface area (Å²) in [7, 11) is 0. The van der Waals surface area contributed by atoms with Gasteiger partial charge in [-0.2, -0.15) is 0 Å². The molecular weight excluding hydrogens is 360 g/mol. The Morgan fingerprint density at radius 2 is 1.81 bits per heavy atom. The van der Waals surface area contributed by atoms with Crippen molar-refractivity contribution >= 4 is 23.4 Å². The molecule has 27 heavy (non-hydrogen) atoms. The summed E-state index contributed by atoms with van der Waals surface area (Å²) in [6, 6.07) is 17.6. The lowest BCUT2D eigenvalue weighted by Gasteiger charge is -2.27. The van der Waals surface area contributed by atoms with Crippen molar-refractivity contribution in [1.82, 2.24) is 10.2 Å². The molecule has 1 unspecified atom stereocenters. The SMILES string of the molecule is O=C(CC(c1ccccc1)c1ccccc1Cl)NCCN1CCCCC1=O. The predicted molar refractivity (Wildman–Crippen MR) is 108 cm³/mol. The first kappa shape index (κ1) is 19.4. The van der Waals surface area contributed by atoms with E-state index in [0.717, 1.165) is 30.5 Å². The van der Waals surface area contributed by atoms with Crippen molar-refractivity contribution in [3.63, 3.8) is 0 Å². The van der Waals surface area contributed by atoms with Crippen LogP contribution in [0.25, 0.3) is 0 Å². The van der Waals surface area contributed by atoms with Crippen LogP contribution in [0, 0.1) is 0 Å². The monoisotopic (exact) mass is 384 g/mol. The summed E-state index contributed by atoms with van der Waals surface area (Å²) in [6.07, 6.45) is 2.96. The quantitative estimate of drug-likeness (QED) is 0.784. The number of rotatable bonds is 7. The van der Waals surface area contributed by atoms with Crippen molar-refractivity contribution < 1.29 is 9.59 Å². The molecule has 2 aromatic rings. The van der Waals surface area contributed by atoms with Gasteiger partial charge in [-0.3, -0.25) is 9.59 Å². The molecule has 0 radical (unpaired) electrons. The van der Waals surface area contributed by atoms with E-state index in [9.17, 15) is 9.59 Å². The van der Waals surface area contributed by atoms with Crippen LogP contribution >= 0.6 is 11.6 Å². The summed E-state index contributed by atoms with van der Waals surface area (Å²) in [6.45, 7) is 1.85. The summed E-state index contributed by atoms with van der Waals surface area (Å²) in [4.78, 5) is 26.3. The van der Waals surface area contributed by atoms with Gasteiger partial charge >= 0.3 is 0 Å². The number of halogens is 1. The standard InChI is InChI=1S/C22H25ClN2O2/c23-20-11-5-4-10-18(20)19(17-8-2-1-3-9-17)16-21(26)24-13-15-25-14-7-6-12-22(25)27/h1-5,8-11,19H,6-7,12-16H2,(H,24,26). The molecule has 142 valence electrons. The second-order valence-electron chi connectivity index (χ2n) is 6.88. The van der Waals surface area contributed by atoms with Gasteiger partial charge in [-0.1, -0.05) is 60.1 Å². The minimum atomic E-state index is -0.100. The van der Waals surface area contributed by atoms with Crippen molar-refractivity contribution in [2.75, 3.05) is 19.6 Å². The number of likely N-dealkylation sites (tertiary alicyclic amines) is 1. The highest BCUT2D eigenvalue weighted by Crippen LogP contribution is 2.32. The molecule has 1 saturated heterocycles. The number of amides is 2. The Kier molecular flexibility index (Phi) is 6.88. The molecule has 5 heteroatoms. The average molecular weight is 385 g/mol. The third-order valence-electron chi connectivity index (χ3n) is 5.00. The van der Waals surface area contributed by atoms with Crippen molar-refractivity contribution in [3.8, 4) is 0 Å². The summed E-state index contributed by atoms with van der Waals surface area (Å²) in [5, 5.41) is 3.63. The molecule has 0 saturated carbocycles. The van der Waals surface area contributed by atoms with E-state index in [1.807, 2.05) is 59.5 Å². The Balaban J connectivity index is 1.63. The van der Waals surface area contributed by atoms with Gasteiger partial charge in [0.2, 0.25) is 11.8 Å². The fourth-order valence-corrected chi connectivity index (χ4v) is 3.80. The van der Waals surface area contributed by atoms with E-state index < -0.39 is 0 Å². The van der Waals surface area contributed by atoms with Gasteiger partial charge in [0, 0.05) is 43.4 Å². The van der Waals surface area contributed by atoms with Crippen LogP contribution in [0.2, 0.25) is 5.02 Å². The Labute approximate surface area is 165 Å². The van der Waals surface area contributed by atoms with Crippen molar-refractivity contribution in [1.29, 1.82) is 0 Å². The highest BCUT2D eigenvalue weighted by molar-refractivity contribution is 6.31. The maximum Gasteiger partial charge on any atom is 0.222 e. The molecule has 1 aliphatic rings. The van der Waals surface area contributed by atoms with Crippen LogP contribution in [0.4, 0.5) is 0 Å². The minimum absolute atomic E-state index is 0.0340. The molecule has 4 nitrogen and oxygen atoms in total. The number of piperidine rings is 1. The molecule has 0 aromatic heterocycles. The zero-order valence-corrected chi connectivity index (χ0v) is 16.1. The number of carbonyl (C=O) groups is 2. The van der Waals surface area contributed by atoms with E-state index in [2.05, 4.69) is 5.32 Å². The number of benzene rings is 2. The van der Waals surface area contributed by atoms with Gasteiger partial charge in [0.1, 0.15) is 0 Å². The zero-order chi connectivity index (χ0) is 19.1. The number of hydrogen-bond acceptors (Lipinski definition) is 2. The first-order valence-electron chi connectivity index (χ1n) is 9.49. The number of nitrogens with zero attached hydrogens (tertiary/aromatic N) is 1. The highest BCUT2D eigenvalue weighted by Gasteiger charge is 2.21. The number of nitrogens with one attached hydrogen (secondary N) is 1. The van der Waals surface area contributed by atoms with Crippen molar-refractivity contribution in [3.05, 3.63) is 70.7 Å². The van der Waals surface area contributed by atoms with E-state index in [4.69, 9.17) is 11.6 Å². The first-order valence-corrected chi connectivity index (χ1v) is 9.87. The van der Waals surface area contributed by atoms with E-state index in [1.165, 1.54) is 0 Å². The number of carbonyl (C=O) groups excluding carboxylic acids is 2. The van der Waals surface area contributed by atoms with Crippen molar-refractivity contribution in [2.24, 2.45) is 0 Å². The van der Waals surface area contributed by atoms with E-state index >= 15 is 0 Å². The van der Waals surface area contributed by atoms with Crippen LogP contribution in [-0.4, -0.2) is 36.3 Å². The number of hydrogen-bond donors (Lipinski definition) is 1. The molecule has 0 bridgehead atoms. The molecule has 1 fully saturated rings. The summed E-state index contributed by atoms with van der Waals surface area (Å²) in [5.74, 6) is 0.0541. The lowest BCUT2D eigenvalue weighted by atomic mass is 9.88. The molecule has 1 N–H and O–H groups in total. The predicted octanol–water partition coefficient (Wildman–Crippen LogP) is 3.99. The Bertz CT molecular complexity index is 779. The van der Waals surface area contributed by atoms with E-state index in [1.54, 1.807) is 0 Å². The largest absolute Gasteiger partial charge is 0.354 e. The van der Waals surface area contributed by atoms with E-state index in [0.29, 0.717) is 31.0 Å². The lowest BCUT2D eigenvalue weighted by molar-refractivity contribution is -0.133. The summed E-state index contributed by atoms with van der Waals surface area (Å²) >= 11 is 6.40. The molecule has 1 atom stereocenters. The maximum atomic E-state index is 12.6. The summed E-state index contributed by atoms with van der Waals surface area (Å²) < 4.78 is 0. The molecular formula is C22H25ClN2O2. The van der Waals surface area contributed by atoms with Gasteiger partial charge < -0.3 is 10.2 Å². The fourth-order valence-electron chi connectivity index (χ4n) is 3.54. The molecule has 0 aliphatic carbocycles.